The summed E-state index contributed by atoms with van der Waals surface area (Å²) in [6.45, 7) is 1.96. The Morgan fingerprint density at radius 1 is 1.26 bits per heavy atom. The number of hydrogen-bond donors (Lipinski definition) is 1. The minimum absolute atomic E-state index is 0.00195. The van der Waals surface area contributed by atoms with Gasteiger partial charge in [0, 0.05) is 24.2 Å². The Labute approximate surface area is 203 Å². The van der Waals surface area contributed by atoms with E-state index in [1.54, 1.807) is 12.3 Å². The quantitative estimate of drug-likeness (QED) is 0.561. The molecular formula is C24H24ClF4N3O3. The van der Waals surface area contributed by atoms with Crippen LogP contribution in [0.4, 0.5) is 17.6 Å². The highest BCUT2D eigenvalue weighted by Crippen LogP contribution is 2.65. The standard InChI is InChI=1S/C24H24ClF4N3O3/c1-12-2-20(34-19-6-18(26)17(25)5-16(12)19)21(33)31-22-9-23(10-22,11-22)32-8-14(7-30-32)13-3-15(4-13)35-24(27,28)29/h5-8,12-13,15,20H,2-4,9-11H2,1H3,(H,31,33)/t12-,13?,15?,20+,22?,23?/m1/s1. The van der Waals surface area contributed by atoms with Crippen LogP contribution in [-0.2, 0) is 15.1 Å². The number of carbonyl (C=O) groups is 1. The fraction of sp³-hybridized carbons (Fsp3) is 0.583. The highest BCUT2D eigenvalue weighted by Gasteiger charge is 2.70. The van der Waals surface area contributed by atoms with Crippen LogP contribution >= 0.6 is 11.6 Å². The lowest BCUT2D eigenvalue weighted by molar-refractivity contribution is -0.351. The number of nitrogens with one attached hydrogen (secondary N) is 1. The van der Waals surface area contributed by atoms with Crippen LogP contribution in [-0.4, -0.2) is 39.8 Å². The molecule has 0 saturated heterocycles. The predicted octanol–water partition coefficient (Wildman–Crippen LogP) is 5.16. The fourth-order valence-corrected chi connectivity index (χ4v) is 6.39. The molecule has 188 valence electrons. The van der Waals surface area contributed by atoms with E-state index in [9.17, 15) is 22.4 Å². The van der Waals surface area contributed by atoms with Gasteiger partial charge >= 0.3 is 6.36 Å². The van der Waals surface area contributed by atoms with E-state index in [0.717, 1.165) is 30.4 Å². The zero-order valence-electron chi connectivity index (χ0n) is 18.9. The lowest BCUT2D eigenvalue weighted by Crippen LogP contribution is -2.79. The average Bonchev–Trinajstić information content (AvgIpc) is 3.15. The first kappa shape index (κ1) is 23.1. The van der Waals surface area contributed by atoms with Crippen molar-refractivity contribution in [1.29, 1.82) is 0 Å². The Bertz CT molecular complexity index is 1170. The molecule has 1 amide bonds. The van der Waals surface area contributed by atoms with Gasteiger partial charge in [0.05, 0.1) is 22.9 Å². The molecule has 4 fully saturated rings. The van der Waals surface area contributed by atoms with Gasteiger partial charge in [0.1, 0.15) is 11.6 Å². The zero-order valence-corrected chi connectivity index (χ0v) is 19.6. The number of aromatic nitrogens is 2. The molecule has 1 aromatic carbocycles. The van der Waals surface area contributed by atoms with Crippen LogP contribution in [0.1, 0.15) is 68.4 Å². The summed E-state index contributed by atoms with van der Waals surface area (Å²) in [4.78, 5) is 13.0. The van der Waals surface area contributed by atoms with E-state index < -0.39 is 24.4 Å². The number of benzene rings is 1. The van der Waals surface area contributed by atoms with Crippen molar-refractivity contribution in [2.45, 2.75) is 86.9 Å². The number of ether oxygens (including phenoxy) is 2. The van der Waals surface area contributed by atoms with E-state index in [2.05, 4.69) is 15.2 Å². The van der Waals surface area contributed by atoms with Crippen molar-refractivity contribution in [2.75, 3.05) is 0 Å². The summed E-state index contributed by atoms with van der Waals surface area (Å²) in [5, 5.41) is 7.64. The van der Waals surface area contributed by atoms with E-state index in [1.807, 2.05) is 17.8 Å². The normalized spacial score (nSPS) is 35.1. The van der Waals surface area contributed by atoms with Crippen molar-refractivity contribution in [3.63, 3.8) is 0 Å². The van der Waals surface area contributed by atoms with Gasteiger partial charge in [-0.25, -0.2) is 4.39 Å². The smallest absolute Gasteiger partial charge is 0.480 e. The second-order valence-corrected chi connectivity index (χ2v) is 11.1. The number of hydrogen-bond acceptors (Lipinski definition) is 4. The molecule has 2 heterocycles. The topological polar surface area (TPSA) is 65.4 Å². The molecular weight excluding hydrogens is 490 g/mol. The minimum Gasteiger partial charge on any atom is -0.480 e. The maximum absolute atomic E-state index is 13.9. The molecule has 35 heavy (non-hydrogen) atoms. The molecule has 7 rings (SSSR count). The maximum Gasteiger partial charge on any atom is 0.522 e. The first-order valence-electron chi connectivity index (χ1n) is 11.7. The van der Waals surface area contributed by atoms with Crippen LogP contribution in [0.2, 0.25) is 5.02 Å². The SMILES string of the molecule is C[C@@H]1C[C@@H](C(=O)NC23CC(n4cc(C5CC(OC(F)(F)F)C5)cn4)(C2)C3)Oc2cc(F)c(Cl)cc21. The van der Waals surface area contributed by atoms with Crippen LogP contribution in [0.15, 0.2) is 24.5 Å². The van der Waals surface area contributed by atoms with Gasteiger partial charge in [-0.2, -0.15) is 5.10 Å². The Kier molecular flexibility index (Phi) is 5.00. The van der Waals surface area contributed by atoms with Crippen molar-refractivity contribution < 1.29 is 31.8 Å². The lowest BCUT2D eigenvalue weighted by atomic mass is 9.44. The molecule has 1 aromatic heterocycles. The predicted molar refractivity (Wildman–Crippen MR) is 117 cm³/mol. The number of amides is 1. The van der Waals surface area contributed by atoms with Crippen LogP contribution < -0.4 is 10.1 Å². The second-order valence-electron chi connectivity index (χ2n) is 10.6. The summed E-state index contributed by atoms with van der Waals surface area (Å²) in [5.41, 5.74) is 1.25. The summed E-state index contributed by atoms with van der Waals surface area (Å²) >= 11 is 5.89. The Morgan fingerprint density at radius 2 is 1.97 bits per heavy atom. The molecule has 1 N–H and O–H groups in total. The van der Waals surface area contributed by atoms with Gasteiger partial charge in [-0.05, 0) is 61.1 Å². The van der Waals surface area contributed by atoms with Crippen molar-refractivity contribution in [3.05, 3.63) is 46.5 Å². The van der Waals surface area contributed by atoms with E-state index in [1.165, 1.54) is 6.07 Å². The summed E-state index contributed by atoms with van der Waals surface area (Å²) < 4.78 is 62.7. The molecule has 4 aliphatic carbocycles. The summed E-state index contributed by atoms with van der Waals surface area (Å²) in [6, 6.07) is 2.79. The third-order valence-electron chi connectivity index (χ3n) is 8.06. The van der Waals surface area contributed by atoms with Crippen LogP contribution in [0.25, 0.3) is 0 Å². The second kappa shape index (κ2) is 7.59. The van der Waals surface area contributed by atoms with Crippen molar-refractivity contribution >= 4 is 17.5 Å². The highest BCUT2D eigenvalue weighted by atomic mass is 35.5. The van der Waals surface area contributed by atoms with E-state index in [0.29, 0.717) is 25.0 Å². The molecule has 2 atom stereocenters. The summed E-state index contributed by atoms with van der Waals surface area (Å²) in [5.74, 6) is -0.420. The van der Waals surface area contributed by atoms with Gasteiger partial charge in [0.2, 0.25) is 0 Å². The third-order valence-corrected chi connectivity index (χ3v) is 8.35. The summed E-state index contributed by atoms with van der Waals surface area (Å²) in [7, 11) is 0. The molecule has 0 unspecified atom stereocenters. The number of nitrogens with zero attached hydrogens (tertiary/aromatic N) is 2. The molecule has 4 saturated carbocycles. The van der Waals surface area contributed by atoms with E-state index in [-0.39, 0.29) is 33.8 Å². The van der Waals surface area contributed by atoms with Gasteiger partial charge in [-0.15, -0.1) is 13.2 Å². The number of halogens is 5. The lowest BCUT2D eigenvalue weighted by Gasteiger charge is -2.70. The van der Waals surface area contributed by atoms with Crippen molar-refractivity contribution in [1.82, 2.24) is 15.1 Å². The van der Waals surface area contributed by atoms with Crippen molar-refractivity contribution in [2.24, 2.45) is 0 Å². The maximum atomic E-state index is 13.9. The van der Waals surface area contributed by atoms with Crippen LogP contribution in [0.5, 0.6) is 5.75 Å². The zero-order chi connectivity index (χ0) is 24.8. The van der Waals surface area contributed by atoms with Gasteiger partial charge < -0.3 is 10.1 Å². The molecule has 6 nitrogen and oxygen atoms in total. The average molecular weight is 514 g/mol. The highest BCUT2D eigenvalue weighted by molar-refractivity contribution is 6.30. The molecule has 5 aliphatic rings. The van der Waals surface area contributed by atoms with Crippen LogP contribution in [0.3, 0.4) is 0 Å². The third kappa shape index (κ3) is 3.89. The minimum atomic E-state index is -4.60. The Hall–Kier alpha value is -2.33. The summed E-state index contributed by atoms with van der Waals surface area (Å²) in [6.07, 6.45) is 0.896. The largest absolute Gasteiger partial charge is 0.522 e. The van der Waals surface area contributed by atoms with E-state index in [4.69, 9.17) is 16.3 Å². The van der Waals surface area contributed by atoms with Gasteiger partial charge in [-0.3, -0.25) is 14.2 Å². The Morgan fingerprint density at radius 3 is 2.66 bits per heavy atom. The monoisotopic (exact) mass is 513 g/mol. The number of rotatable bonds is 5. The molecule has 0 radical (unpaired) electrons. The number of carbonyl (C=O) groups excluding carboxylic acids is 1. The first-order chi connectivity index (χ1) is 16.4. The molecule has 2 aromatic rings. The van der Waals surface area contributed by atoms with E-state index >= 15 is 0 Å². The van der Waals surface area contributed by atoms with Crippen molar-refractivity contribution in [3.8, 4) is 5.75 Å². The Balaban J connectivity index is 1.04. The number of fused-ring (bicyclic) bond motifs is 1. The van der Waals surface area contributed by atoms with Gasteiger partial charge in [0.25, 0.3) is 5.91 Å². The fourth-order valence-electron chi connectivity index (χ4n) is 6.22. The van der Waals surface area contributed by atoms with Crippen LogP contribution in [0, 0.1) is 5.82 Å². The molecule has 1 aliphatic heterocycles. The molecule has 0 spiro atoms. The molecule has 2 bridgehead atoms. The number of alkyl halides is 3. The first-order valence-corrected chi connectivity index (χ1v) is 12.1. The van der Waals surface area contributed by atoms with Gasteiger partial charge in [-0.1, -0.05) is 18.5 Å². The van der Waals surface area contributed by atoms with Gasteiger partial charge in [0.15, 0.2) is 6.10 Å². The molecule has 11 heteroatoms.